The maximum absolute atomic E-state index is 13.5. The van der Waals surface area contributed by atoms with Crippen LogP contribution >= 0.6 is 0 Å². The summed E-state index contributed by atoms with van der Waals surface area (Å²) in [5.41, 5.74) is 3.28. The first kappa shape index (κ1) is 24.3. The molecule has 0 saturated heterocycles. The van der Waals surface area contributed by atoms with E-state index in [0.717, 1.165) is 29.7 Å². The summed E-state index contributed by atoms with van der Waals surface area (Å²) in [4.78, 5) is 30.1. The minimum absolute atomic E-state index is 0.0239. The van der Waals surface area contributed by atoms with Crippen LogP contribution in [0.5, 0.6) is 0 Å². The van der Waals surface area contributed by atoms with Gasteiger partial charge in [0.15, 0.2) is 0 Å². The minimum Gasteiger partial charge on any atom is -0.353 e. The number of amides is 2. The molecule has 0 aliphatic carbocycles. The zero-order valence-electron chi connectivity index (χ0n) is 19.8. The van der Waals surface area contributed by atoms with Gasteiger partial charge < -0.3 is 14.4 Å². The summed E-state index contributed by atoms with van der Waals surface area (Å²) in [5, 5.41) is 0. The maximum Gasteiger partial charge on any atom is 0.242 e. The number of hydrogen-bond acceptors (Lipinski definition) is 2. The van der Waals surface area contributed by atoms with Gasteiger partial charge in [0.2, 0.25) is 11.8 Å². The van der Waals surface area contributed by atoms with Gasteiger partial charge in [0, 0.05) is 38.4 Å². The normalized spacial score (nSPS) is 10.7. The highest BCUT2D eigenvalue weighted by Crippen LogP contribution is 2.13. The van der Waals surface area contributed by atoms with E-state index in [1.54, 1.807) is 4.90 Å². The zero-order chi connectivity index (χ0) is 23.5. The number of nitrogens with zero attached hydrogens (tertiary/aromatic N) is 3. The average Bonchev–Trinajstić information content (AvgIpc) is 3.25. The molecule has 1 aromatic heterocycles. The molecule has 0 bridgehead atoms. The SMILES string of the molecule is CCCCN(CC(=O)N(Cc1ccccc1)Cc1cccn1C)C(=O)CCc1ccccc1. The molecule has 0 aliphatic heterocycles. The van der Waals surface area contributed by atoms with Crippen molar-refractivity contribution in [2.75, 3.05) is 13.1 Å². The Bertz CT molecular complexity index is 998. The highest BCUT2D eigenvalue weighted by Gasteiger charge is 2.22. The topological polar surface area (TPSA) is 45.6 Å². The van der Waals surface area contributed by atoms with Crippen molar-refractivity contribution in [2.45, 2.75) is 45.7 Å². The number of benzene rings is 2. The van der Waals surface area contributed by atoms with Crippen LogP contribution in [-0.2, 0) is 36.1 Å². The molecule has 3 rings (SSSR count). The molecule has 5 nitrogen and oxygen atoms in total. The van der Waals surface area contributed by atoms with Gasteiger partial charge in [-0.3, -0.25) is 9.59 Å². The molecule has 2 aromatic carbocycles. The van der Waals surface area contributed by atoms with E-state index < -0.39 is 0 Å². The molecule has 0 atom stereocenters. The zero-order valence-corrected chi connectivity index (χ0v) is 19.8. The maximum atomic E-state index is 13.5. The number of carbonyl (C=O) groups excluding carboxylic acids is 2. The van der Waals surface area contributed by atoms with Crippen molar-refractivity contribution in [3.8, 4) is 0 Å². The molecule has 0 unspecified atom stereocenters. The van der Waals surface area contributed by atoms with Crippen molar-refractivity contribution in [2.24, 2.45) is 7.05 Å². The lowest BCUT2D eigenvalue weighted by Gasteiger charge is -2.28. The van der Waals surface area contributed by atoms with Crippen LogP contribution < -0.4 is 0 Å². The average molecular weight is 446 g/mol. The molecule has 0 spiro atoms. The largest absolute Gasteiger partial charge is 0.353 e. The molecule has 174 valence electrons. The molecule has 2 amide bonds. The predicted octanol–water partition coefficient (Wildman–Crippen LogP) is 4.82. The van der Waals surface area contributed by atoms with Gasteiger partial charge in [-0.15, -0.1) is 0 Å². The Hall–Kier alpha value is -3.34. The number of hydrogen-bond donors (Lipinski definition) is 0. The van der Waals surface area contributed by atoms with Crippen molar-refractivity contribution in [3.05, 3.63) is 95.8 Å². The van der Waals surface area contributed by atoms with Crippen LogP contribution in [0.1, 0.15) is 43.0 Å². The lowest BCUT2D eigenvalue weighted by Crippen LogP contribution is -2.43. The summed E-state index contributed by atoms with van der Waals surface area (Å²) in [6, 6.07) is 24.1. The number of aryl methyl sites for hydroxylation is 2. The van der Waals surface area contributed by atoms with Crippen molar-refractivity contribution < 1.29 is 9.59 Å². The fourth-order valence-electron chi connectivity index (χ4n) is 3.85. The van der Waals surface area contributed by atoms with Gasteiger partial charge in [-0.25, -0.2) is 0 Å². The molecule has 0 saturated carbocycles. The van der Waals surface area contributed by atoms with E-state index in [-0.39, 0.29) is 18.4 Å². The Labute approximate surface area is 197 Å². The van der Waals surface area contributed by atoms with Gasteiger partial charge in [-0.1, -0.05) is 74.0 Å². The Morgan fingerprint density at radius 1 is 0.788 bits per heavy atom. The first-order valence-corrected chi connectivity index (χ1v) is 11.8. The lowest BCUT2D eigenvalue weighted by atomic mass is 10.1. The second-order valence-corrected chi connectivity index (χ2v) is 8.50. The lowest BCUT2D eigenvalue weighted by molar-refractivity contribution is -0.141. The third kappa shape index (κ3) is 7.63. The van der Waals surface area contributed by atoms with Crippen molar-refractivity contribution >= 4 is 11.8 Å². The summed E-state index contributed by atoms with van der Waals surface area (Å²) in [6.07, 6.45) is 4.96. The van der Waals surface area contributed by atoms with Gasteiger partial charge in [0.1, 0.15) is 0 Å². The van der Waals surface area contributed by atoms with Gasteiger partial charge in [-0.05, 0) is 36.1 Å². The summed E-state index contributed by atoms with van der Waals surface area (Å²) < 4.78 is 2.03. The number of unbranched alkanes of at least 4 members (excludes halogenated alkanes) is 1. The number of rotatable bonds is 12. The highest BCUT2D eigenvalue weighted by molar-refractivity contribution is 5.85. The van der Waals surface area contributed by atoms with E-state index in [1.807, 2.05) is 95.5 Å². The molecule has 0 fully saturated rings. The van der Waals surface area contributed by atoms with Crippen LogP contribution in [0.25, 0.3) is 0 Å². The van der Waals surface area contributed by atoms with E-state index in [4.69, 9.17) is 0 Å². The van der Waals surface area contributed by atoms with E-state index in [0.29, 0.717) is 32.5 Å². The Morgan fingerprint density at radius 3 is 2.06 bits per heavy atom. The summed E-state index contributed by atoms with van der Waals surface area (Å²) in [7, 11) is 1.99. The quantitative estimate of drug-likeness (QED) is 0.401. The molecular weight excluding hydrogens is 410 g/mol. The molecule has 3 aromatic rings. The molecule has 33 heavy (non-hydrogen) atoms. The van der Waals surface area contributed by atoms with E-state index in [1.165, 1.54) is 0 Å². The van der Waals surface area contributed by atoms with Crippen LogP contribution in [0.3, 0.4) is 0 Å². The molecular formula is C28H35N3O2. The smallest absolute Gasteiger partial charge is 0.242 e. The third-order valence-corrected chi connectivity index (χ3v) is 5.90. The number of carbonyl (C=O) groups is 2. The van der Waals surface area contributed by atoms with E-state index in [2.05, 4.69) is 6.92 Å². The Morgan fingerprint density at radius 2 is 1.45 bits per heavy atom. The fourth-order valence-corrected chi connectivity index (χ4v) is 3.85. The van der Waals surface area contributed by atoms with Crippen LogP contribution in [0, 0.1) is 0 Å². The van der Waals surface area contributed by atoms with Crippen molar-refractivity contribution in [1.29, 1.82) is 0 Å². The van der Waals surface area contributed by atoms with Crippen LogP contribution in [-0.4, -0.2) is 39.3 Å². The van der Waals surface area contributed by atoms with Gasteiger partial charge in [0.25, 0.3) is 0 Å². The third-order valence-electron chi connectivity index (χ3n) is 5.90. The molecule has 1 heterocycles. The molecule has 0 radical (unpaired) electrons. The minimum atomic E-state index is -0.0239. The van der Waals surface area contributed by atoms with Gasteiger partial charge >= 0.3 is 0 Å². The second kappa shape index (κ2) is 12.6. The number of aromatic nitrogens is 1. The standard InChI is InChI=1S/C28H35N3O2/c1-3-4-20-30(27(32)18-17-24-12-7-5-8-13-24)23-28(33)31(21-25-14-9-6-10-15-25)22-26-16-11-19-29(26)2/h5-16,19H,3-4,17-18,20-23H2,1-2H3. The first-order valence-electron chi connectivity index (χ1n) is 11.8. The fraction of sp³-hybridized carbons (Fsp3) is 0.357. The summed E-state index contributed by atoms with van der Waals surface area (Å²) in [5.74, 6) is 0.0170. The molecule has 0 N–H and O–H groups in total. The van der Waals surface area contributed by atoms with Gasteiger partial charge in [-0.2, -0.15) is 0 Å². The van der Waals surface area contributed by atoms with Crippen molar-refractivity contribution in [3.63, 3.8) is 0 Å². The van der Waals surface area contributed by atoms with Crippen LogP contribution in [0.15, 0.2) is 79.0 Å². The monoisotopic (exact) mass is 445 g/mol. The molecule has 5 heteroatoms. The Balaban J connectivity index is 1.70. The first-order chi connectivity index (χ1) is 16.1. The van der Waals surface area contributed by atoms with Crippen LogP contribution in [0.4, 0.5) is 0 Å². The second-order valence-electron chi connectivity index (χ2n) is 8.50. The molecule has 0 aliphatic rings. The van der Waals surface area contributed by atoms with Crippen molar-refractivity contribution in [1.82, 2.24) is 14.4 Å². The van der Waals surface area contributed by atoms with E-state index in [9.17, 15) is 9.59 Å². The summed E-state index contributed by atoms with van der Waals surface area (Å²) >= 11 is 0. The summed E-state index contributed by atoms with van der Waals surface area (Å²) in [6.45, 7) is 3.86. The van der Waals surface area contributed by atoms with Crippen LogP contribution in [0.2, 0.25) is 0 Å². The predicted molar refractivity (Wildman–Crippen MR) is 132 cm³/mol. The van der Waals surface area contributed by atoms with E-state index >= 15 is 0 Å². The highest BCUT2D eigenvalue weighted by atomic mass is 16.2. The Kier molecular flexibility index (Phi) is 9.31. The van der Waals surface area contributed by atoms with Gasteiger partial charge in [0.05, 0.1) is 13.1 Å².